The molecular weight excluding hydrogens is 200 g/mol. The number of nitrogens with two attached hydrogens (primary N) is 1. The van der Waals surface area contributed by atoms with Crippen LogP contribution in [0, 0.1) is 12.3 Å². The van der Waals surface area contributed by atoms with Crippen LogP contribution in [0.15, 0.2) is 12.4 Å². The van der Waals surface area contributed by atoms with E-state index in [0.29, 0.717) is 12.6 Å². The van der Waals surface area contributed by atoms with E-state index in [9.17, 15) is 0 Å². The maximum atomic E-state index is 5.72. The summed E-state index contributed by atoms with van der Waals surface area (Å²) in [6.07, 6.45) is 9.81. The fourth-order valence-electron chi connectivity index (χ4n) is 1.47. The third kappa shape index (κ3) is 3.37. The minimum absolute atomic E-state index is 0.140. The Kier molecular flexibility index (Phi) is 5.03. The van der Waals surface area contributed by atoms with E-state index in [4.69, 9.17) is 12.2 Å². The quantitative estimate of drug-likeness (QED) is 0.557. The van der Waals surface area contributed by atoms with Crippen molar-refractivity contribution >= 4 is 0 Å². The summed E-state index contributed by atoms with van der Waals surface area (Å²) in [5.41, 5.74) is 6.84. The highest BCUT2D eigenvalue weighted by Gasteiger charge is 2.11. The molecule has 0 amide bonds. The first-order chi connectivity index (χ1) is 7.69. The summed E-state index contributed by atoms with van der Waals surface area (Å²) in [6.45, 7) is 5.53. The molecule has 0 aliphatic rings. The Labute approximate surface area is 97.2 Å². The molecular formula is C12H20N4. The molecule has 1 aromatic heterocycles. The molecule has 1 rings (SSSR count). The van der Waals surface area contributed by atoms with E-state index in [1.807, 2.05) is 17.1 Å². The lowest BCUT2D eigenvalue weighted by Gasteiger charge is -2.14. The average Bonchev–Trinajstić information content (AvgIpc) is 2.74. The second kappa shape index (κ2) is 6.31. The monoisotopic (exact) mass is 220 g/mol. The molecule has 0 spiro atoms. The largest absolute Gasteiger partial charge is 0.329 e. The highest BCUT2D eigenvalue weighted by Crippen LogP contribution is 2.13. The average molecular weight is 220 g/mol. The van der Waals surface area contributed by atoms with Gasteiger partial charge >= 0.3 is 0 Å². The smallest absolute Gasteiger partial charge is 0.0538 e. The van der Waals surface area contributed by atoms with Crippen molar-refractivity contribution in [3.8, 4) is 12.3 Å². The molecule has 0 aliphatic heterocycles. The van der Waals surface area contributed by atoms with Crippen LogP contribution in [0.3, 0.4) is 0 Å². The van der Waals surface area contributed by atoms with Crippen LogP contribution >= 0.6 is 0 Å². The molecule has 0 saturated heterocycles. The Morgan fingerprint density at radius 2 is 2.38 bits per heavy atom. The molecule has 1 aromatic rings. The Bertz CT molecular complexity index is 348. The lowest BCUT2D eigenvalue weighted by Crippen LogP contribution is -2.28. The number of nitrogens with one attached hydrogen (secondary N) is 1. The summed E-state index contributed by atoms with van der Waals surface area (Å²) in [7, 11) is 0. The number of hydrogen-bond donors (Lipinski definition) is 2. The third-order valence-electron chi connectivity index (χ3n) is 2.45. The van der Waals surface area contributed by atoms with E-state index in [1.165, 1.54) is 0 Å². The van der Waals surface area contributed by atoms with Gasteiger partial charge in [0.15, 0.2) is 0 Å². The predicted octanol–water partition coefficient (Wildman–Crippen LogP) is 1.08. The molecule has 0 bridgehead atoms. The molecule has 88 valence electrons. The highest BCUT2D eigenvalue weighted by atomic mass is 15.3. The van der Waals surface area contributed by atoms with Gasteiger partial charge in [0.2, 0.25) is 0 Å². The molecule has 0 aliphatic carbocycles. The van der Waals surface area contributed by atoms with Gasteiger partial charge in [0, 0.05) is 43.4 Å². The number of hydrogen-bond acceptors (Lipinski definition) is 3. The lowest BCUT2D eigenvalue weighted by atomic mass is 10.1. The van der Waals surface area contributed by atoms with Crippen LogP contribution in [0.5, 0.6) is 0 Å². The minimum Gasteiger partial charge on any atom is -0.329 e. The Morgan fingerprint density at radius 3 is 2.88 bits per heavy atom. The fraction of sp³-hybridized carbons (Fsp3) is 0.583. The van der Waals surface area contributed by atoms with Crippen LogP contribution in [0.4, 0.5) is 0 Å². The van der Waals surface area contributed by atoms with Crippen LogP contribution in [-0.2, 0) is 0 Å². The van der Waals surface area contributed by atoms with E-state index in [-0.39, 0.29) is 6.04 Å². The molecule has 1 unspecified atom stereocenters. The van der Waals surface area contributed by atoms with Crippen molar-refractivity contribution in [2.24, 2.45) is 5.73 Å². The van der Waals surface area contributed by atoms with Crippen LogP contribution in [0.25, 0.3) is 0 Å². The number of terminal acetylenes is 1. The van der Waals surface area contributed by atoms with Crippen molar-refractivity contribution in [3.63, 3.8) is 0 Å². The second-order valence-electron chi connectivity index (χ2n) is 4.04. The fourth-order valence-corrected chi connectivity index (χ4v) is 1.47. The molecule has 4 heteroatoms. The van der Waals surface area contributed by atoms with Gasteiger partial charge in [0.1, 0.15) is 0 Å². The summed E-state index contributed by atoms with van der Waals surface area (Å²) in [4.78, 5) is 0. The standard InChI is InChI=1S/C12H20N4/c1-4-5-6-14-12(7-13)11-8-15-16(9-11)10(2)3/h1,8-10,12,14H,5-7,13H2,2-3H3. The first-order valence-electron chi connectivity index (χ1n) is 5.60. The third-order valence-corrected chi connectivity index (χ3v) is 2.45. The molecule has 0 fully saturated rings. The molecule has 1 heterocycles. The molecule has 1 atom stereocenters. The molecule has 0 saturated carbocycles. The van der Waals surface area contributed by atoms with E-state index in [0.717, 1.165) is 18.5 Å². The molecule has 0 aromatic carbocycles. The zero-order valence-electron chi connectivity index (χ0n) is 9.98. The van der Waals surface area contributed by atoms with E-state index in [1.54, 1.807) is 0 Å². The van der Waals surface area contributed by atoms with Crippen molar-refractivity contribution < 1.29 is 0 Å². The van der Waals surface area contributed by atoms with Gasteiger partial charge in [0.05, 0.1) is 6.20 Å². The minimum atomic E-state index is 0.140. The van der Waals surface area contributed by atoms with Gasteiger partial charge in [-0.15, -0.1) is 12.3 Å². The summed E-state index contributed by atoms with van der Waals surface area (Å²) in [5, 5.41) is 7.61. The van der Waals surface area contributed by atoms with Gasteiger partial charge in [-0.3, -0.25) is 4.68 Å². The highest BCUT2D eigenvalue weighted by molar-refractivity contribution is 5.11. The van der Waals surface area contributed by atoms with Crippen molar-refractivity contribution in [2.45, 2.75) is 32.4 Å². The van der Waals surface area contributed by atoms with Gasteiger partial charge in [-0.25, -0.2) is 0 Å². The first-order valence-corrected chi connectivity index (χ1v) is 5.60. The van der Waals surface area contributed by atoms with Crippen molar-refractivity contribution in [1.82, 2.24) is 15.1 Å². The summed E-state index contributed by atoms with van der Waals surface area (Å²) in [5.74, 6) is 2.60. The van der Waals surface area contributed by atoms with E-state index < -0.39 is 0 Å². The van der Waals surface area contributed by atoms with Gasteiger partial charge in [-0.05, 0) is 13.8 Å². The van der Waals surface area contributed by atoms with Crippen molar-refractivity contribution in [3.05, 3.63) is 18.0 Å². The summed E-state index contributed by atoms with van der Waals surface area (Å²) in [6, 6.07) is 0.513. The van der Waals surface area contributed by atoms with Gasteiger partial charge in [-0.1, -0.05) is 0 Å². The number of nitrogens with zero attached hydrogens (tertiary/aromatic N) is 2. The van der Waals surface area contributed by atoms with Gasteiger partial charge < -0.3 is 11.1 Å². The number of aromatic nitrogens is 2. The summed E-state index contributed by atoms with van der Waals surface area (Å²) < 4.78 is 1.93. The van der Waals surface area contributed by atoms with Gasteiger partial charge in [0.25, 0.3) is 0 Å². The predicted molar refractivity (Wildman–Crippen MR) is 65.9 cm³/mol. The first kappa shape index (κ1) is 12.8. The van der Waals surface area contributed by atoms with Crippen molar-refractivity contribution in [2.75, 3.05) is 13.1 Å². The molecule has 16 heavy (non-hydrogen) atoms. The Hall–Kier alpha value is -1.31. The van der Waals surface area contributed by atoms with Crippen LogP contribution < -0.4 is 11.1 Å². The van der Waals surface area contributed by atoms with Gasteiger partial charge in [-0.2, -0.15) is 5.10 Å². The molecule has 0 radical (unpaired) electrons. The number of rotatable bonds is 6. The van der Waals surface area contributed by atoms with Crippen molar-refractivity contribution in [1.29, 1.82) is 0 Å². The molecule has 3 N–H and O–H groups in total. The zero-order valence-corrected chi connectivity index (χ0v) is 9.98. The second-order valence-corrected chi connectivity index (χ2v) is 4.04. The SMILES string of the molecule is C#CCCNC(CN)c1cnn(C(C)C)c1. The maximum absolute atomic E-state index is 5.72. The Morgan fingerprint density at radius 1 is 1.62 bits per heavy atom. The van der Waals surface area contributed by atoms with Crippen LogP contribution in [0.2, 0.25) is 0 Å². The van der Waals surface area contributed by atoms with Crippen LogP contribution in [-0.4, -0.2) is 22.9 Å². The molecule has 4 nitrogen and oxygen atoms in total. The summed E-state index contributed by atoms with van der Waals surface area (Å²) >= 11 is 0. The Balaban J connectivity index is 2.61. The lowest BCUT2D eigenvalue weighted by molar-refractivity contribution is 0.525. The zero-order chi connectivity index (χ0) is 12.0. The normalized spacial score (nSPS) is 12.7. The maximum Gasteiger partial charge on any atom is 0.0538 e. The van der Waals surface area contributed by atoms with E-state index >= 15 is 0 Å². The van der Waals surface area contributed by atoms with Crippen LogP contribution in [0.1, 0.15) is 37.9 Å². The van der Waals surface area contributed by atoms with E-state index in [2.05, 4.69) is 30.2 Å². The topological polar surface area (TPSA) is 55.9 Å².